The summed E-state index contributed by atoms with van der Waals surface area (Å²) >= 11 is 7.31. The zero-order valence-electron chi connectivity index (χ0n) is 11.8. The van der Waals surface area contributed by atoms with Gasteiger partial charge in [0.25, 0.3) is 5.91 Å². The van der Waals surface area contributed by atoms with Crippen LogP contribution in [0.2, 0.25) is 5.02 Å². The zero-order valence-corrected chi connectivity index (χ0v) is 13.4. The molecule has 0 unspecified atom stereocenters. The number of thiazole rings is 1. The maximum Gasteiger partial charge on any atom is 0.293 e. The van der Waals surface area contributed by atoms with Crippen molar-refractivity contribution < 1.29 is 9.21 Å². The molecule has 0 fully saturated rings. The van der Waals surface area contributed by atoms with Crippen molar-refractivity contribution in [3.63, 3.8) is 0 Å². The molecular formula is C16H13ClN2O2S. The van der Waals surface area contributed by atoms with Gasteiger partial charge in [0.15, 0.2) is 10.9 Å². The second-order valence-corrected chi connectivity index (χ2v) is 6.35. The maximum absolute atomic E-state index is 12.0. The molecule has 1 N–H and O–H groups in total. The SMILES string of the molecule is Cc1ccc(C(=O)Nc2ncc(Cc3ccc(Cl)cc3)s2)o1. The Kier molecular flexibility index (Phi) is 4.27. The fourth-order valence-corrected chi connectivity index (χ4v) is 2.93. The Morgan fingerprint density at radius 1 is 1.27 bits per heavy atom. The van der Waals surface area contributed by atoms with Crippen molar-refractivity contribution in [2.24, 2.45) is 0 Å². The number of amides is 1. The first-order valence-electron chi connectivity index (χ1n) is 6.67. The van der Waals surface area contributed by atoms with E-state index in [-0.39, 0.29) is 11.7 Å². The number of rotatable bonds is 4. The highest BCUT2D eigenvalue weighted by Gasteiger charge is 2.12. The Bertz CT molecular complexity index is 793. The molecule has 3 aromatic rings. The van der Waals surface area contributed by atoms with Crippen molar-refractivity contribution >= 4 is 34.0 Å². The molecule has 2 aromatic heterocycles. The van der Waals surface area contributed by atoms with Crippen molar-refractivity contribution in [1.29, 1.82) is 0 Å². The molecule has 0 saturated heterocycles. The van der Waals surface area contributed by atoms with Gasteiger partial charge < -0.3 is 4.42 Å². The summed E-state index contributed by atoms with van der Waals surface area (Å²) < 4.78 is 5.28. The Morgan fingerprint density at radius 3 is 2.73 bits per heavy atom. The Labute approximate surface area is 136 Å². The molecular weight excluding hydrogens is 320 g/mol. The highest BCUT2D eigenvalue weighted by atomic mass is 35.5. The van der Waals surface area contributed by atoms with Gasteiger partial charge in [0, 0.05) is 22.5 Å². The van der Waals surface area contributed by atoms with Gasteiger partial charge in [-0.2, -0.15) is 0 Å². The lowest BCUT2D eigenvalue weighted by Gasteiger charge is -1.99. The molecule has 0 aliphatic carbocycles. The van der Waals surface area contributed by atoms with E-state index in [0.717, 1.165) is 21.9 Å². The molecule has 0 aliphatic rings. The van der Waals surface area contributed by atoms with Crippen molar-refractivity contribution in [3.8, 4) is 0 Å². The number of furan rings is 1. The molecule has 2 heterocycles. The van der Waals surface area contributed by atoms with Gasteiger partial charge in [0.05, 0.1) is 0 Å². The van der Waals surface area contributed by atoms with E-state index in [2.05, 4.69) is 10.3 Å². The summed E-state index contributed by atoms with van der Waals surface area (Å²) in [5, 5.41) is 4.02. The molecule has 0 radical (unpaired) electrons. The summed E-state index contributed by atoms with van der Waals surface area (Å²) in [4.78, 5) is 17.3. The minimum absolute atomic E-state index is 0.284. The minimum atomic E-state index is -0.291. The molecule has 0 saturated carbocycles. The number of nitrogens with one attached hydrogen (secondary N) is 1. The number of aromatic nitrogens is 1. The van der Waals surface area contributed by atoms with E-state index in [4.69, 9.17) is 16.0 Å². The summed E-state index contributed by atoms with van der Waals surface area (Å²) in [6.45, 7) is 1.80. The lowest BCUT2D eigenvalue weighted by atomic mass is 10.1. The van der Waals surface area contributed by atoms with Gasteiger partial charge in [-0.05, 0) is 36.8 Å². The fourth-order valence-electron chi connectivity index (χ4n) is 1.97. The van der Waals surface area contributed by atoms with Crippen molar-refractivity contribution in [2.45, 2.75) is 13.3 Å². The predicted octanol–water partition coefficient (Wildman–Crippen LogP) is 4.54. The zero-order chi connectivity index (χ0) is 15.5. The molecule has 0 aliphatic heterocycles. The van der Waals surface area contributed by atoms with E-state index < -0.39 is 0 Å². The maximum atomic E-state index is 12.0. The third-order valence-electron chi connectivity index (χ3n) is 3.03. The van der Waals surface area contributed by atoms with Crippen LogP contribution in [0.15, 0.2) is 47.0 Å². The Hall–Kier alpha value is -2.11. The lowest BCUT2D eigenvalue weighted by molar-refractivity contribution is 0.0995. The van der Waals surface area contributed by atoms with Crippen molar-refractivity contribution in [2.75, 3.05) is 5.32 Å². The monoisotopic (exact) mass is 332 g/mol. The first-order valence-corrected chi connectivity index (χ1v) is 7.86. The summed E-state index contributed by atoms with van der Waals surface area (Å²) in [6, 6.07) is 11.1. The first kappa shape index (κ1) is 14.8. The lowest BCUT2D eigenvalue weighted by Crippen LogP contribution is -2.10. The van der Waals surface area contributed by atoms with Gasteiger partial charge in [-0.3, -0.25) is 10.1 Å². The summed E-state index contributed by atoms with van der Waals surface area (Å²) in [5.74, 6) is 0.695. The molecule has 0 atom stereocenters. The van der Waals surface area contributed by atoms with Crippen molar-refractivity contribution in [1.82, 2.24) is 4.98 Å². The van der Waals surface area contributed by atoms with E-state index in [1.165, 1.54) is 11.3 Å². The highest BCUT2D eigenvalue weighted by Crippen LogP contribution is 2.22. The smallest absolute Gasteiger partial charge is 0.293 e. The Balaban J connectivity index is 1.66. The van der Waals surface area contributed by atoms with Crippen molar-refractivity contribution in [3.05, 3.63) is 69.6 Å². The van der Waals surface area contributed by atoms with Crippen LogP contribution in [-0.4, -0.2) is 10.9 Å². The molecule has 0 bridgehead atoms. The molecule has 22 heavy (non-hydrogen) atoms. The summed E-state index contributed by atoms with van der Waals surface area (Å²) in [6.07, 6.45) is 2.52. The van der Waals surface area contributed by atoms with E-state index in [1.54, 1.807) is 25.3 Å². The van der Waals surface area contributed by atoms with Crippen LogP contribution in [0.4, 0.5) is 5.13 Å². The largest absolute Gasteiger partial charge is 0.456 e. The average Bonchev–Trinajstić information content (AvgIpc) is 3.11. The van der Waals surface area contributed by atoms with Crippen LogP contribution in [0.3, 0.4) is 0 Å². The predicted molar refractivity (Wildman–Crippen MR) is 87.8 cm³/mol. The van der Waals surface area contributed by atoms with Crippen LogP contribution in [0.1, 0.15) is 26.8 Å². The van der Waals surface area contributed by atoms with Gasteiger partial charge in [0.2, 0.25) is 0 Å². The van der Waals surface area contributed by atoms with Gasteiger partial charge >= 0.3 is 0 Å². The molecule has 3 rings (SSSR count). The van der Waals surface area contributed by atoms with Crippen LogP contribution >= 0.6 is 22.9 Å². The number of hydrogen-bond donors (Lipinski definition) is 1. The van der Waals surface area contributed by atoms with E-state index >= 15 is 0 Å². The normalized spacial score (nSPS) is 10.6. The third kappa shape index (κ3) is 3.55. The standard InChI is InChI=1S/C16H13ClN2O2S/c1-10-2-7-14(21-10)15(20)19-16-18-9-13(22-16)8-11-3-5-12(17)6-4-11/h2-7,9H,8H2,1H3,(H,18,19,20). The molecule has 4 nitrogen and oxygen atoms in total. The van der Waals surface area contributed by atoms with Crippen LogP contribution < -0.4 is 5.32 Å². The highest BCUT2D eigenvalue weighted by molar-refractivity contribution is 7.15. The minimum Gasteiger partial charge on any atom is -0.456 e. The number of carbonyl (C=O) groups is 1. The summed E-state index contributed by atoms with van der Waals surface area (Å²) in [7, 11) is 0. The van der Waals surface area contributed by atoms with Crippen LogP contribution in [0, 0.1) is 6.92 Å². The second-order valence-electron chi connectivity index (χ2n) is 4.80. The first-order chi connectivity index (χ1) is 10.6. The topological polar surface area (TPSA) is 55.1 Å². The van der Waals surface area contributed by atoms with Gasteiger partial charge in [-0.25, -0.2) is 4.98 Å². The number of halogens is 1. The number of aryl methyl sites for hydroxylation is 1. The molecule has 1 aromatic carbocycles. The fraction of sp³-hybridized carbons (Fsp3) is 0.125. The number of anilines is 1. The molecule has 0 spiro atoms. The third-order valence-corrected chi connectivity index (χ3v) is 4.19. The summed E-state index contributed by atoms with van der Waals surface area (Å²) in [5.41, 5.74) is 1.15. The van der Waals surface area contributed by atoms with E-state index in [0.29, 0.717) is 10.9 Å². The van der Waals surface area contributed by atoms with Gasteiger partial charge in [-0.15, -0.1) is 11.3 Å². The van der Waals surface area contributed by atoms with E-state index in [9.17, 15) is 4.79 Å². The number of carbonyl (C=O) groups excluding carboxylic acids is 1. The number of benzene rings is 1. The van der Waals surface area contributed by atoms with Gasteiger partial charge in [-0.1, -0.05) is 23.7 Å². The molecule has 1 amide bonds. The Morgan fingerprint density at radius 2 is 2.05 bits per heavy atom. The van der Waals surface area contributed by atoms with Crippen LogP contribution in [0.5, 0.6) is 0 Å². The van der Waals surface area contributed by atoms with Crippen LogP contribution in [-0.2, 0) is 6.42 Å². The second kappa shape index (κ2) is 6.34. The van der Waals surface area contributed by atoms with Gasteiger partial charge in [0.1, 0.15) is 5.76 Å². The molecule has 112 valence electrons. The van der Waals surface area contributed by atoms with Crippen LogP contribution in [0.25, 0.3) is 0 Å². The number of hydrogen-bond acceptors (Lipinski definition) is 4. The quantitative estimate of drug-likeness (QED) is 0.763. The average molecular weight is 333 g/mol. The molecule has 6 heteroatoms. The van der Waals surface area contributed by atoms with E-state index in [1.807, 2.05) is 24.3 Å². The number of nitrogens with zero attached hydrogens (tertiary/aromatic N) is 1.